The first-order chi connectivity index (χ1) is 12.9. The summed E-state index contributed by atoms with van der Waals surface area (Å²) in [6.07, 6.45) is 0.468. The van der Waals surface area contributed by atoms with Gasteiger partial charge in [-0.2, -0.15) is 4.39 Å². The number of hydrogen-bond donors (Lipinski definition) is 1. The summed E-state index contributed by atoms with van der Waals surface area (Å²) in [6.45, 7) is 0. The van der Waals surface area contributed by atoms with E-state index in [0.717, 1.165) is 17.7 Å². The highest BCUT2D eigenvalue weighted by Gasteiger charge is 2.16. The van der Waals surface area contributed by atoms with E-state index in [1.165, 1.54) is 27.4 Å². The summed E-state index contributed by atoms with van der Waals surface area (Å²) < 4.78 is 29.1. The number of nitrogens with zero attached hydrogens (tertiary/aromatic N) is 1. The zero-order valence-electron chi connectivity index (χ0n) is 15.1. The van der Waals surface area contributed by atoms with Crippen LogP contribution in [-0.4, -0.2) is 32.2 Å². The van der Waals surface area contributed by atoms with Crippen molar-refractivity contribution in [2.75, 3.05) is 26.6 Å². The number of carbonyl (C=O) groups is 1. The summed E-state index contributed by atoms with van der Waals surface area (Å²) in [6, 6.07) is 6.65. The number of carbonyl (C=O) groups excluding carboxylic acids is 1. The molecule has 144 valence electrons. The number of rotatable bonds is 8. The smallest absolute Gasteiger partial charge is 0.306 e. The van der Waals surface area contributed by atoms with Gasteiger partial charge in [-0.25, -0.2) is 0 Å². The zero-order valence-corrected chi connectivity index (χ0v) is 15.1. The van der Waals surface area contributed by atoms with Gasteiger partial charge in [0.1, 0.15) is 0 Å². The summed E-state index contributed by atoms with van der Waals surface area (Å²) in [5.41, 5.74) is 0.236. The molecule has 0 saturated carbocycles. The Labute approximate surface area is 155 Å². The number of aryl methyl sites for hydroxylation is 1. The van der Waals surface area contributed by atoms with Gasteiger partial charge in [-0.15, -0.1) is 0 Å². The maximum atomic E-state index is 13.3. The number of amides is 1. The molecule has 0 saturated heterocycles. The van der Waals surface area contributed by atoms with E-state index in [1.807, 2.05) is 0 Å². The minimum Gasteiger partial charge on any atom is -0.493 e. The molecule has 2 aromatic rings. The highest BCUT2D eigenvalue weighted by atomic mass is 19.1. The van der Waals surface area contributed by atoms with Gasteiger partial charge < -0.3 is 19.5 Å². The first-order valence-electron chi connectivity index (χ1n) is 7.92. The lowest BCUT2D eigenvalue weighted by Crippen LogP contribution is -2.12. The molecule has 0 heterocycles. The highest BCUT2D eigenvalue weighted by molar-refractivity contribution is 5.91. The van der Waals surface area contributed by atoms with E-state index in [2.05, 4.69) is 5.32 Å². The lowest BCUT2D eigenvalue weighted by molar-refractivity contribution is -0.387. The number of hydrogen-bond acceptors (Lipinski definition) is 6. The van der Waals surface area contributed by atoms with Gasteiger partial charge in [-0.1, -0.05) is 0 Å². The monoisotopic (exact) mass is 378 g/mol. The number of nitrogens with one attached hydrogen (secondary N) is 1. The molecule has 2 aromatic carbocycles. The molecule has 0 fully saturated rings. The standard InChI is InChI=1S/C18H19FN2O6/c1-25-15-8-11(9-16(26-2)18(15)27-3)4-7-17(22)20-12-5-6-13(19)14(10-12)21(23)24/h5-6,8-10H,4,7H2,1-3H3,(H,20,22). The molecule has 0 aliphatic rings. The Morgan fingerprint density at radius 2 is 1.74 bits per heavy atom. The van der Waals surface area contributed by atoms with E-state index in [1.54, 1.807) is 12.1 Å². The molecular weight excluding hydrogens is 359 g/mol. The second-order valence-electron chi connectivity index (χ2n) is 5.51. The number of methoxy groups -OCH3 is 3. The van der Waals surface area contributed by atoms with Gasteiger partial charge >= 0.3 is 5.69 Å². The van der Waals surface area contributed by atoms with Crippen LogP contribution >= 0.6 is 0 Å². The minimum absolute atomic E-state index is 0.101. The van der Waals surface area contributed by atoms with Crippen molar-refractivity contribution in [3.63, 3.8) is 0 Å². The molecule has 0 unspecified atom stereocenters. The summed E-state index contributed by atoms with van der Waals surface area (Å²) in [7, 11) is 4.49. The fourth-order valence-electron chi connectivity index (χ4n) is 2.49. The minimum atomic E-state index is -0.963. The topological polar surface area (TPSA) is 99.9 Å². The Bertz CT molecular complexity index is 831. The molecule has 0 radical (unpaired) electrons. The van der Waals surface area contributed by atoms with Gasteiger partial charge in [0.25, 0.3) is 0 Å². The number of nitro benzene ring substituents is 1. The molecule has 0 atom stereocenters. The van der Waals surface area contributed by atoms with Crippen LogP contribution in [-0.2, 0) is 11.2 Å². The van der Waals surface area contributed by atoms with E-state index in [4.69, 9.17) is 14.2 Å². The maximum Gasteiger partial charge on any atom is 0.306 e. The van der Waals surface area contributed by atoms with Gasteiger partial charge in [0.15, 0.2) is 11.5 Å². The SMILES string of the molecule is COc1cc(CCC(=O)Nc2ccc(F)c([N+](=O)[O-])c2)cc(OC)c1OC. The lowest BCUT2D eigenvalue weighted by atomic mass is 10.1. The van der Waals surface area contributed by atoms with Gasteiger partial charge in [0.05, 0.1) is 26.3 Å². The Balaban J connectivity index is 2.08. The van der Waals surface area contributed by atoms with Crippen molar-refractivity contribution in [1.82, 2.24) is 0 Å². The number of ether oxygens (including phenoxy) is 3. The van der Waals surface area contributed by atoms with Crippen molar-refractivity contribution in [2.45, 2.75) is 12.8 Å². The Hall–Kier alpha value is -3.36. The summed E-state index contributed by atoms with van der Waals surface area (Å²) in [5.74, 6) is 0.0646. The zero-order chi connectivity index (χ0) is 20.0. The van der Waals surface area contributed by atoms with Crippen molar-refractivity contribution in [2.24, 2.45) is 0 Å². The molecule has 2 rings (SSSR count). The lowest BCUT2D eigenvalue weighted by Gasteiger charge is -2.14. The molecule has 1 N–H and O–H groups in total. The molecule has 0 bridgehead atoms. The Kier molecular flexibility index (Phi) is 6.53. The van der Waals surface area contributed by atoms with E-state index < -0.39 is 16.4 Å². The number of anilines is 1. The Morgan fingerprint density at radius 3 is 2.26 bits per heavy atom. The van der Waals surface area contributed by atoms with Crippen molar-refractivity contribution < 1.29 is 28.3 Å². The molecule has 27 heavy (non-hydrogen) atoms. The second kappa shape index (κ2) is 8.84. The van der Waals surface area contributed by atoms with Crippen LogP contribution in [0.1, 0.15) is 12.0 Å². The number of benzene rings is 2. The van der Waals surface area contributed by atoms with Gasteiger partial charge in [0, 0.05) is 18.2 Å². The largest absolute Gasteiger partial charge is 0.493 e. The average Bonchev–Trinajstić information content (AvgIpc) is 2.66. The summed E-state index contributed by atoms with van der Waals surface area (Å²) in [4.78, 5) is 22.0. The predicted molar refractivity (Wildman–Crippen MR) is 96.1 cm³/mol. The van der Waals surface area contributed by atoms with Crippen LogP contribution < -0.4 is 19.5 Å². The first kappa shape index (κ1) is 20.0. The number of halogens is 1. The summed E-state index contributed by atoms with van der Waals surface area (Å²) in [5, 5.41) is 13.3. The van der Waals surface area contributed by atoms with Crippen molar-refractivity contribution >= 4 is 17.3 Å². The van der Waals surface area contributed by atoms with Crippen LogP contribution in [0.15, 0.2) is 30.3 Å². The molecule has 1 amide bonds. The van der Waals surface area contributed by atoms with Crippen molar-refractivity contribution in [3.05, 3.63) is 51.8 Å². The van der Waals surface area contributed by atoms with Crippen LogP contribution in [0.3, 0.4) is 0 Å². The van der Waals surface area contributed by atoms with Gasteiger partial charge in [-0.3, -0.25) is 14.9 Å². The molecule has 0 spiro atoms. The Morgan fingerprint density at radius 1 is 1.11 bits per heavy atom. The summed E-state index contributed by atoms with van der Waals surface area (Å²) >= 11 is 0. The normalized spacial score (nSPS) is 10.2. The second-order valence-corrected chi connectivity index (χ2v) is 5.51. The molecular formula is C18H19FN2O6. The van der Waals surface area contributed by atoms with E-state index >= 15 is 0 Å². The quantitative estimate of drug-likeness (QED) is 0.559. The average molecular weight is 378 g/mol. The van der Waals surface area contributed by atoms with Gasteiger partial charge in [-0.05, 0) is 36.2 Å². The fraction of sp³-hybridized carbons (Fsp3) is 0.278. The molecule has 0 aromatic heterocycles. The predicted octanol–water partition coefficient (Wildman–Crippen LogP) is 3.33. The van der Waals surface area contributed by atoms with Crippen molar-refractivity contribution in [3.8, 4) is 17.2 Å². The van der Waals surface area contributed by atoms with Crippen LogP contribution in [0.5, 0.6) is 17.2 Å². The third-order valence-electron chi connectivity index (χ3n) is 3.79. The highest BCUT2D eigenvalue weighted by Crippen LogP contribution is 2.38. The van der Waals surface area contributed by atoms with Gasteiger partial charge in [0.2, 0.25) is 17.5 Å². The van der Waals surface area contributed by atoms with E-state index in [9.17, 15) is 19.3 Å². The fourth-order valence-corrected chi connectivity index (χ4v) is 2.49. The molecule has 8 nitrogen and oxygen atoms in total. The van der Waals surface area contributed by atoms with Crippen molar-refractivity contribution in [1.29, 1.82) is 0 Å². The van der Waals surface area contributed by atoms with Crippen LogP contribution in [0.2, 0.25) is 0 Å². The van der Waals surface area contributed by atoms with Crippen LogP contribution in [0, 0.1) is 15.9 Å². The molecule has 0 aliphatic heterocycles. The molecule has 0 aliphatic carbocycles. The van der Waals surface area contributed by atoms with Crippen LogP contribution in [0.4, 0.5) is 15.8 Å². The third-order valence-corrected chi connectivity index (χ3v) is 3.79. The van der Waals surface area contributed by atoms with E-state index in [0.29, 0.717) is 23.7 Å². The maximum absolute atomic E-state index is 13.3. The third kappa shape index (κ3) is 4.84. The van der Waals surface area contributed by atoms with E-state index in [-0.39, 0.29) is 18.0 Å². The van der Waals surface area contributed by atoms with Crippen LogP contribution in [0.25, 0.3) is 0 Å². The number of nitro groups is 1. The molecule has 9 heteroatoms. The first-order valence-corrected chi connectivity index (χ1v) is 7.92.